The van der Waals surface area contributed by atoms with E-state index in [9.17, 15) is 4.79 Å². The minimum Gasteiger partial charge on any atom is -0.481 e. The van der Waals surface area contributed by atoms with Crippen molar-refractivity contribution in [2.24, 2.45) is 5.92 Å². The Bertz CT molecular complexity index is 565. The van der Waals surface area contributed by atoms with E-state index in [0.717, 1.165) is 23.9 Å². The van der Waals surface area contributed by atoms with Gasteiger partial charge in [-0.1, -0.05) is 42.1 Å². The van der Waals surface area contributed by atoms with Crippen molar-refractivity contribution in [3.63, 3.8) is 0 Å². The molecule has 0 unspecified atom stereocenters. The second-order valence-electron chi connectivity index (χ2n) is 4.33. The van der Waals surface area contributed by atoms with Crippen LogP contribution in [0.15, 0.2) is 14.9 Å². The monoisotopic (exact) mass is 299 g/mol. The third-order valence-corrected chi connectivity index (χ3v) is 4.18. The number of hydrogen-bond donors (Lipinski definition) is 1. The first-order chi connectivity index (χ1) is 9.04. The zero-order chi connectivity index (χ0) is 13.8. The zero-order valence-electron chi connectivity index (χ0n) is 10.5. The average Bonchev–Trinajstić information content (AvgIpc) is 2.93. The van der Waals surface area contributed by atoms with Gasteiger partial charge in [0.2, 0.25) is 0 Å². The summed E-state index contributed by atoms with van der Waals surface area (Å²) in [5.41, 5.74) is 0.648. The van der Waals surface area contributed by atoms with Crippen LogP contribution in [0.1, 0.15) is 19.6 Å². The molecule has 0 aliphatic rings. The van der Waals surface area contributed by atoms with Crippen LogP contribution in [0.4, 0.5) is 0 Å². The molecule has 0 spiro atoms. The van der Waals surface area contributed by atoms with E-state index in [0.29, 0.717) is 21.0 Å². The van der Waals surface area contributed by atoms with Crippen LogP contribution in [0, 0.1) is 5.92 Å². The maximum Gasteiger partial charge on any atom is 0.313 e. The summed E-state index contributed by atoms with van der Waals surface area (Å²) in [5, 5.41) is 21.1. The quantitative estimate of drug-likeness (QED) is 0.820. The van der Waals surface area contributed by atoms with Gasteiger partial charge in [-0.3, -0.25) is 4.79 Å². The van der Waals surface area contributed by atoms with Crippen molar-refractivity contribution < 1.29 is 14.4 Å². The van der Waals surface area contributed by atoms with Gasteiger partial charge in [0, 0.05) is 12.5 Å². The van der Waals surface area contributed by atoms with Gasteiger partial charge in [0.05, 0.1) is 5.75 Å². The Morgan fingerprint density at radius 1 is 1.53 bits per heavy atom. The smallest absolute Gasteiger partial charge is 0.313 e. The van der Waals surface area contributed by atoms with E-state index >= 15 is 0 Å². The third kappa shape index (κ3) is 4.03. The highest BCUT2D eigenvalue weighted by molar-refractivity contribution is 8.01. The Morgan fingerprint density at radius 3 is 3.00 bits per heavy atom. The van der Waals surface area contributed by atoms with Crippen LogP contribution in [0.25, 0.3) is 10.7 Å². The number of rotatable bonds is 6. The molecule has 0 saturated carbocycles. The Hall–Kier alpha value is -1.41. The van der Waals surface area contributed by atoms with E-state index in [1.165, 1.54) is 11.3 Å². The molecule has 102 valence electrons. The summed E-state index contributed by atoms with van der Waals surface area (Å²) in [6.45, 7) is 4.21. The molecule has 0 amide bonds. The van der Waals surface area contributed by atoms with Crippen LogP contribution in [-0.2, 0) is 11.2 Å². The topological polar surface area (TPSA) is 89.1 Å². The number of aliphatic carboxylic acids is 1. The average molecular weight is 299 g/mol. The second kappa shape index (κ2) is 6.16. The van der Waals surface area contributed by atoms with Gasteiger partial charge in [-0.2, -0.15) is 0 Å². The molecule has 2 heterocycles. The summed E-state index contributed by atoms with van der Waals surface area (Å²) in [6, 6.07) is 1.85. The first kappa shape index (κ1) is 14.0. The van der Waals surface area contributed by atoms with Crippen LogP contribution in [0.3, 0.4) is 0 Å². The molecule has 1 N–H and O–H groups in total. The molecule has 0 aliphatic heterocycles. The van der Waals surface area contributed by atoms with E-state index in [4.69, 9.17) is 9.63 Å². The van der Waals surface area contributed by atoms with Gasteiger partial charge in [-0.05, 0) is 5.92 Å². The Balaban J connectivity index is 2.05. The van der Waals surface area contributed by atoms with Gasteiger partial charge in [-0.25, -0.2) is 0 Å². The van der Waals surface area contributed by atoms with E-state index in [1.807, 2.05) is 6.07 Å². The van der Waals surface area contributed by atoms with Crippen molar-refractivity contribution in [3.8, 4) is 10.7 Å². The van der Waals surface area contributed by atoms with Crippen LogP contribution in [-0.4, -0.2) is 32.2 Å². The van der Waals surface area contributed by atoms with E-state index in [-0.39, 0.29) is 5.75 Å². The highest BCUT2D eigenvalue weighted by Crippen LogP contribution is 2.29. The Kier molecular flexibility index (Phi) is 4.54. The molecule has 19 heavy (non-hydrogen) atoms. The highest BCUT2D eigenvalue weighted by Gasteiger charge is 2.13. The summed E-state index contributed by atoms with van der Waals surface area (Å²) < 4.78 is 5.84. The molecule has 0 bridgehead atoms. The third-order valence-electron chi connectivity index (χ3n) is 2.11. The first-order valence-corrected chi connectivity index (χ1v) is 7.49. The second-order valence-corrected chi connectivity index (χ2v) is 6.53. The number of nitrogens with zero attached hydrogens (tertiary/aromatic N) is 3. The first-order valence-electron chi connectivity index (χ1n) is 5.68. The molecular formula is C11H13N3O3S2. The lowest BCUT2D eigenvalue weighted by atomic mass is 10.1. The Morgan fingerprint density at radius 2 is 2.32 bits per heavy atom. The largest absolute Gasteiger partial charge is 0.481 e. The van der Waals surface area contributed by atoms with E-state index in [1.54, 1.807) is 0 Å². The lowest BCUT2D eigenvalue weighted by molar-refractivity contribution is -0.133. The fourth-order valence-electron chi connectivity index (χ4n) is 1.41. The highest BCUT2D eigenvalue weighted by atomic mass is 32.2. The van der Waals surface area contributed by atoms with Crippen LogP contribution in [0.5, 0.6) is 0 Å². The molecule has 2 aromatic rings. The van der Waals surface area contributed by atoms with Gasteiger partial charge >= 0.3 is 5.97 Å². The number of carboxylic acids is 1. The van der Waals surface area contributed by atoms with Gasteiger partial charge in [0.1, 0.15) is 11.5 Å². The summed E-state index contributed by atoms with van der Waals surface area (Å²) >= 11 is 2.46. The normalized spacial score (nSPS) is 11.1. The van der Waals surface area contributed by atoms with Gasteiger partial charge in [-0.15, -0.1) is 10.2 Å². The molecule has 0 radical (unpaired) electrons. The number of aromatic nitrogens is 3. The number of carboxylic acid groups (broad SMARTS) is 1. The maximum absolute atomic E-state index is 10.5. The number of thioether (sulfide) groups is 1. The summed E-state index contributed by atoms with van der Waals surface area (Å²) in [4.78, 5) is 10.5. The van der Waals surface area contributed by atoms with Crippen LogP contribution < -0.4 is 0 Å². The van der Waals surface area contributed by atoms with Crippen molar-refractivity contribution in [3.05, 3.63) is 11.8 Å². The predicted molar refractivity (Wildman–Crippen MR) is 72.3 cm³/mol. The SMILES string of the molecule is CC(C)Cc1cc(-c2nnc(SCC(=O)O)s2)no1. The fourth-order valence-corrected chi connectivity index (χ4v) is 2.93. The predicted octanol–water partition coefficient (Wildman–Crippen LogP) is 2.57. The molecule has 0 atom stereocenters. The lowest BCUT2D eigenvalue weighted by Gasteiger charge is -1.96. The molecule has 0 fully saturated rings. The molecule has 8 heteroatoms. The van der Waals surface area contributed by atoms with Gasteiger partial charge in [0.25, 0.3) is 0 Å². The summed E-state index contributed by atoms with van der Waals surface area (Å²) in [7, 11) is 0. The molecule has 6 nitrogen and oxygen atoms in total. The molecular weight excluding hydrogens is 286 g/mol. The van der Waals surface area contributed by atoms with Crippen molar-refractivity contribution in [1.29, 1.82) is 0 Å². The minimum atomic E-state index is -0.873. The van der Waals surface area contributed by atoms with Crippen molar-refractivity contribution in [2.75, 3.05) is 5.75 Å². The molecule has 0 aromatic carbocycles. The van der Waals surface area contributed by atoms with Crippen molar-refractivity contribution >= 4 is 29.1 Å². The van der Waals surface area contributed by atoms with Crippen LogP contribution in [0.2, 0.25) is 0 Å². The number of carbonyl (C=O) groups is 1. The standard InChI is InChI=1S/C11H13N3O3S2/c1-6(2)3-7-4-8(14-17-7)10-12-13-11(19-10)18-5-9(15)16/h4,6H,3,5H2,1-2H3,(H,15,16). The van der Waals surface area contributed by atoms with Crippen molar-refractivity contribution in [2.45, 2.75) is 24.6 Å². The van der Waals surface area contributed by atoms with Gasteiger partial charge in [0.15, 0.2) is 9.35 Å². The molecule has 0 saturated heterocycles. The fraction of sp³-hybridized carbons (Fsp3) is 0.455. The van der Waals surface area contributed by atoms with Crippen LogP contribution >= 0.6 is 23.1 Å². The van der Waals surface area contributed by atoms with E-state index in [2.05, 4.69) is 29.2 Å². The maximum atomic E-state index is 10.5. The Labute approximate surface area is 118 Å². The minimum absolute atomic E-state index is 0.0218. The lowest BCUT2D eigenvalue weighted by Crippen LogP contribution is -1.96. The number of hydrogen-bond acceptors (Lipinski definition) is 7. The van der Waals surface area contributed by atoms with Gasteiger partial charge < -0.3 is 9.63 Å². The van der Waals surface area contributed by atoms with E-state index < -0.39 is 5.97 Å². The zero-order valence-corrected chi connectivity index (χ0v) is 12.1. The summed E-state index contributed by atoms with van der Waals surface area (Å²) in [6.07, 6.45) is 0.826. The molecule has 2 aromatic heterocycles. The molecule has 2 rings (SSSR count). The summed E-state index contributed by atoms with van der Waals surface area (Å²) in [5.74, 6) is 0.422. The van der Waals surface area contributed by atoms with Crippen molar-refractivity contribution in [1.82, 2.24) is 15.4 Å². The molecule has 0 aliphatic carbocycles.